The third-order valence-corrected chi connectivity index (χ3v) is 3.57. The Hall–Kier alpha value is -2.72. The van der Waals surface area contributed by atoms with Crippen LogP contribution in [0.5, 0.6) is 17.2 Å². The molecule has 2 rings (SSSR count). The summed E-state index contributed by atoms with van der Waals surface area (Å²) in [5.74, 6) is 1.05. The van der Waals surface area contributed by atoms with Crippen LogP contribution in [0.4, 0.5) is 0 Å². The molecule has 0 heterocycles. The molecule has 0 saturated carbocycles. The summed E-state index contributed by atoms with van der Waals surface area (Å²) in [6.07, 6.45) is 11.2. The average Bonchev–Trinajstić information content (AvgIpc) is 2.62. The zero-order valence-electron chi connectivity index (χ0n) is 14.4. The van der Waals surface area contributed by atoms with Crippen LogP contribution < -0.4 is 4.74 Å². The van der Waals surface area contributed by atoms with E-state index in [1.807, 2.05) is 24.3 Å². The Bertz CT molecular complexity index is 702. The second kappa shape index (κ2) is 10.2. The largest absolute Gasteiger partial charge is 0.508 e. The van der Waals surface area contributed by atoms with E-state index >= 15 is 0 Å². The maximum absolute atomic E-state index is 9.55. The number of methoxy groups -OCH3 is 1. The lowest BCUT2D eigenvalue weighted by Crippen LogP contribution is -2.00. The van der Waals surface area contributed by atoms with Crippen LogP contribution in [0.3, 0.4) is 0 Å². The number of aromatic hydroxyl groups is 2. The molecule has 0 bridgehead atoms. The van der Waals surface area contributed by atoms with E-state index in [9.17, 15) is 10.2 Å². The Morgan fingerprint density at radius 1 is 0.880 bits per heavy atom. The fourth-order valence-corrected chi connectivity index (χ4v) is 2.28. The molecule has 132 valence electrons. The molecule has 4 nitrogen and oxygen atoms in total. The van der Waals surface area contributed by atoms with Crippen molar-refractivity contribution in [2.24, 2.45) is 0 Å². The molecule has 0 saturated heterocycles. The van der Waals surface area contributed by atoms with E-state index in [0.717, 1.165) is 30.4 Å². The lowest BCUT2D eigenvalue weighted by Gasteiger charge is -2.08. The van der Waals surface area contributed by atoms with Gasteiger partial charge in [-0.3, -0.25) is 0 Å². The molecular formula is C21H24O4. The molecular weight excluding hydrogens is 316 g/mol. The number of phenols is 2. The molecule has 4 heteroatoms. The van der Waals surface area contributed by atoms with E-state index in [1.165, 1.54) is 0 Å². The first-order valence-corrected chi connectivity index (χ1v) is 8.26. The highest BCUT2D eigenvalue weighted by molar-refractivity contribution is 5.59. The van der Waals surface area contributed by atoms with E-state index in [1.54, 1.807) is 31.4 Å². The van der Waals surface area contributed by atoms with Gasteiger partial charge < -0.3 is 19.7 Å². The molecule has 0 radical (unpaired) electrons. The van der Waals surface area contributed by atoms with Gasteiger partial charge in [0.2, 0.25) is 0 Å². The molecule has 2 aromatic rings. The van der Waals surface area contributed by atoms with Crippen molar-refractivity contribution in [2.45, 2.75) is 19.3 Å². The highest BCUT2D eigenvalue weighted by Gasteiger charge is 2.02. The quantitative estimate of drug-likeness (QED) is 0.499. The number of benzene rings is 2. The summed E-state index contributed by atoms with van der Waals surface area (Å²) in [4.78, 5) is 0. The SMILES string of the molecule is COCOc1cc(O)ccc1/C=C/CCC/C=C/c1ccc(O)cc1. The summed E-state index contributed by atoms with van der Waals surface area (Å²) in [7, 11) is 1.56. The maximum atomic E-state index is 9.55. The number of unbranched alkanes of at least 4 members (excludes halogenated alkanes) is 2. The van der Waals surface area contributed by atoms with Crippen LogP contribution in [0.2, 0.25) is 0 Å². The summed E-state index contributed by atoms with van der Waals surface area (Å²) >= 11 is 0. The van der Waals surface area contributed by atoms with Crippen LogP contribution >= 0.6 is 0 Å². The molecule has 2 N–H and O–H groups in total. The Kier molecular flexibility index (Phi) is 7.60. The van der Waals surface area contributed by atoms with Gasteiger partial charge in [-0.2, -0.15) is 0 Å². The molecule has 25 heavy (non-hydrogen) atoms. The predicted octanol–water partition coefficient (Wildman–Crippen LogP) is 4.98. The molecule has 0 spiro atoms. The lowest BCUT2D eigenvalue weighted by atomic mass is 10.1. The summed E-state index contributed by atoms with van der Waals surface area (Å²) < 4.78 is 10.4. The maximum Gasteiger partial charge on any atom is 0.188 e. The molecule has 0 aliphatic rings. The smallest absolute Gasteiger partial charge is 0.188 e. The Morgan fingerprint density at radius 3 is 2.28 bits per heavy atom. The molecule has 0 unspecified atom stereocenters. The molecule has 0 fully saturated rings. The van der Waals surface area contributed by atoms with Crippen LogP contribution in [0.25, 0.3) is 12.2 Å². The van der Waals surface area contributed by atoms with Gasteiger partial charge >= 0.3 is 0 Å². The van der Waals surface area contributed by atoms with Crippen LogP contribution in [0.15, 0.2) is 54.6 Å². The molecule has 0 amide bonds. The third-order valence-electron chi connectivity index (χ3n) is 3.57. The summed E-state index contributed by atoms with van der Waals surface area (Å²) in [5, 5.41) is 18.8. The van der Waals surface area contributed by atoms with Gasteiger partial charge in [-0.1, -0.05) is 36.4 Å². The number of ether oxygens (including phenoxy) is 2. The molecule has 0 aliphatic carbocycles. The van der Waals surface area contributed by atoms with Crippen molar-refractivity contribution >= 4 is 12.2 Å². The summed E-state index contributed by atoms with van der Waals surface area (Å²) in [6.45, 7) is 0.145. The first kappa shape index (κ1) is 18.6. The Balaban J connectivity index is 1.78. The van der Waals surface area contributed by atoms with Gasteiger partial charge in [0.1, 0.15) is 17.2 Å². The van der Waals surface area contributed by atoms with Gasteiger partial charge in [-0.25, -0.2) is 0 Å². The van der Waals surface area contributed by atoms with Crippen molar-refractivity contribution in [3.63, 3.8) is 0 Å². The topological polar surface area (TPSA) is 58.9 Å². The minimum atomic E-state index is 0.145. The van der Waals surface area contributed by atoms with E-state index in [0.29, 0.717) is 5.75 Å². The first-order valence-electron chi connectivity index (χ1n) is 8.26. The summed E-state index contributed by atoms with van der Waals surface area (Å²) in [5.41, 5.74) is 1.99. The average molecular weight is 340 g/mol. The normalized spacial score (nSPS) is 11.4. The number of hydrogen-bond acceptors (Lipinski definition) is 4. The van der Waals surface area contributed by atoms with Gasteiger partial charge in [-0.05, 0) is 49.1 Å². The molecule has 0 aliphatic heterocycles. The van der Waals surface area contributed by atoms with E-state index < -0.39 is 0 Å². The minimum Gasteiger partial charge on any atom is -0.508 e. The Labute approximate surface area is 148 Å². The van der Waals surface area contributed by atoms with E-state index in [2.05, 4.69) is 18.2 Å². The fourth-order valence-electron chi connectivity index (χ4n) is 2.28. The molecule has 0 aromatic heterocycles. The molecule has 2 aromatic carbocycles. The van der Waals surface area contributed by atoms with Crippen molar-refractivity contribution in [1.82, 2.24) is 0 Å². The zero-order valence-corrected chi connectivity index (χ0v) is 14.4. The predicted molar refractivity (Wildman–Crippen MR) is 101 cm³/mol. The van der Waals surface area contributed by atoms with Gasteiger partial charge in [0.25, 0.3) is 0 Å². The van der Waals surface area contributed by atoms with E-state index in [4.69, 9.17) is 9.47 Å². The third kappa shape index (κ3) is 6.73. The van der Waals surface area contributed by atoms with Gasteiger partial charge in [0.05, 0.1) is 0 Å². The monoisotopic (exact) mass is 340 g/mol. The van der Waals surface area contributed by atoms with Crippen molar-refractivity contribution in [1.29, 1.82) is 0 Å². The van der Waals surface area contributed by atoms with Crippen molar-refractivity contribution in [3.8, 4) is 17.2 Å². The number of hydrogen-bond donors (Lipinski definition) is 2. The van der Waals surface area contributed by atoms with Crippen molar-refractivity contribution in [3.05, 3.63) is 65.7 Å². The number of allylic oxidation sites excluding steroid dienone is 2. The fraction of sp³-hybridized carbons (Fsp3) is 0.238. The molecule has 0 atom stereocenters. The first-order chi connectivity index (χ1) is 12.2. The Morgan fingerprint density at radius 2 is 1.56 bits per heavy atom. The minimum absolute atomic E-state index is 0.145. The lowest BCUT2D eigenvalue weighted by molar-refractivity contribution is 0.0508. The highest BCUT2D eigenvalue weighted by Crippen LogP contribution is 2.25. The second-order valence-electron chi connectivity index (χ2n) is 5.60. The van der Waals surface area contributed by atoms with E-state index in [-0.39, 0.29) is 18.3 Å². The van der Waals surface area contributed by atoms with Crippen molar-refractivity contribution < 1.29 is 19.7 Å². The second-order valence-corrected chi connectivity index (χ2v) is 5.60. The van der Waals surface area contributed by atoms with Crippen LogP contribution in [-0.4, -0.2) is 24.1 Å². The number of rotatable bonds is 9. The summed E-state index contributed by atoms with van der Waals surface area (Å²) in [6, 6.07) is 12.2. The van der Waals surface area contributed by atoms with Crippen LogP contribution in [0, 0.1) is 0 Å². The number of phenolic OH excluding ortho intramolecular Hbond substituents is 2. The van der Waals surface area contributed by atoms with Crippen LogP contribution in [0.1, 0.15) is 30.4 Å². The van der Waals surface area contributed by atoms with Crippen LogP contribution in [-0.2, 0) is 4.74 Å². The van der Waals surface area contributed by atoms with Crippen molar-refractivity contribution in [2.75, 3.05) is 13.9 Å². The zero-order chi connectivity index (χ0) is 17.9. The van der Waals surface area contributed by atoms with Gasteiger partial charge in [0, 0.05) is 18.7 Å². The highest BCUT2D eigenvalue weighted by atomic mass is 16.7. The standard InChI is InChI=1S/C21H24O4/c1-24-16-25-21-15-20(23)14-11-18(21)8-6-4-2-3-5-7-17-9-12-19(22)13-10-17/h5-15,22-23H,2-4,16H2,1H3/b7-5+,8-6+. The van der Waals surface area contributed by atoms with Gasteiger partial charge in [0.15, 0.2) is 6.79 Å². The van der Waals surface area contributed by atoms with Gasteiger partial charge in [-0.15, -0.1) is 0 Å².